The van der Waals surface area contributed by atoms with Crippen molar-refractivity contribution in [2.75, 3.05) is 5.32 Å². The summed E-state index contributed by atoms with van der Waals surface area (Å²) in [6, 6.07) is 11.2. The van der Waals surface area contributed by atoms with Crippen LogP contribution in [0.1, 0.15) is 33.2 Å². The van der Waals surface area contributed by atoms with Crippen molar-refractivity contribution in [1.82, 2.24) is 5.32 Å². The van der Waals surface area contributed by atoms with Crippen LogP contribution >= 0.6 is 0 Å². The number of carbonyl (C=O) groups is 4. The van der Waals surface area contributed by atoms with Gasteiger partial charge in [-0.1, -0.05) is 18.2 Å². The SMILES string of the molecule is CC(=O)Nc1cccc(C(=O)N[C@H](Cc2ccc(C(=O)O)cc2)C(N)=O)c1. The number of aromatic carboxylic acids is 1. The van der Waals surface area contributed by atoms with Crippen molar-refractivity contribution in [3.8, 4) is 0 Å². The summed E-state index contributed by atoms with van der Waals surface area (Å²) in [6.45, 7) is 1.35. The van der Waals surface area contributed by atoms with Gasteiger partial charge >= 0.3 is 5.97 Å². The van der Waals surface area contributed by atoms with Crippen molar-refractivity contribution >= 4 is 29.4 Å². The fourth-order valence-corrected chi connectivity index (χ4v) is 2.42. The molecule has 2 rings (SSSR count). The number of hydrogen-bond acceptors (Lipinski definition) is 4. The van der Waals surface area contributed by atoms with Gasteiger partial charge in [-0.25, -0.2) is 4.79 Å². The second kappa shape index (κ2) is 8.61. The average Bonchev–Trinajstić information content (AvgIpc) is 2.61. The van der Waals surface area contributed by atoms with Crippen LogP contribution in [-0.2, 0) is 16.0 Å². The normalized spacial score (nSPS) is 11.3. The second-order valence-electron chi connectivity index (χ2n) is 5.90. The Balaban J connectivity index is 2.11. The molecule has 0 heterocycles. The number of carbonyl (C=O) groups excluding carboxylic acids is 3. The Bertz CT molecular complexity index is 877. The summed E-state index contributed by atoms with van der Waals surface area (Å²) in [5.74, 6) is -2.57. The Labute approximate surface area is 155 Å². The van der Waals surface area contributed by atoms with Crippen LogP contribution in [0.15, 0.2) is 48.5 Å². The first kappa shape index (κ1) is 19.6. The first-order chi connectivity index (χ1) is 12.8. The highest BCUT2D eigenvalue weighted by Crippen LogP contribution is 2.12. The van der Waals surface area contributed by atoms with E-state index in [1.807, 2.05) is 0 Å². The summed E-state index contributed by atoms with van der Waals surface area (Å²) in [5, 5.41) is 14.0. The summed E-state index contributed by atoms with van der Waals surface area (Å²) in [7, 11) is 0. The maximum atomic E-state index is 12.4. The molecule has 27 heavy (non-hydrogen) atoms. The minimum atomic E-state index is -1.06. The lowest BCUT2D eigenvalue weighted by Gasteiger charge is -2.16. The summed E-state index contributed by atoms with van der Waals surface area (Å²) in [6.07, 6.45) is 0.117. The Hall–Kier alpha value is -3.68. The molecule has 0 spiro atoms. The Morgan fingerprint density at radius 3 is 2.26 bits per heavy atom. The van der Waals surface area contributed by atoms with E-state index in [2.05, 4.69) is 10.6 Å². The van der Waals surface area contributed by atoms with Gasteiger partial charge in [-0.2, -0.15) is 0 Å². The topological polar surface area (TPSA) is 139 Å². The van der Waals surface area contributed by atoms with Crippen LogP contribution in [0.4, 0.5) is 5.69 Å². The van der Waals surface area contributed by atoms with Gasteiger partial charge in [0.25, 0.3) is 5.91 Å². The fourth-order valence-electron chi connectivity index (χ4n) is 2.42. The van der Waals surface area contributed by atoms with Crippen LogP contribution in [0.3, 0.4) is 0 Å². The predicted octanol–water partition coefficient (Wildman–Crippen LogP) is 1.17. The largest absolute Gasteiger partial charge is 0.478 e. The molecule has 0 aliphatic heterocycles. The summed E-state index contributed by atoms with van der Waals surface area (Å²) < 4.78 is 0. The lowest BCUT2D eigenvalue weighted by molar-refractivity contribution is -0.119. The van der Waals surface area contributed by atoms with Gasteiger partial charge < -0.3 is 21.5 Å². The van der Waals surface area contributed by atoms with E-state index in [0.29, 0.717) is 11.3 Å². The Morgan fingerprint density at radius 1 is 1.04 bits per heavy atom. The summed E-state index contributed by atoms with van der Waals surface area (Å²) in [4.78, 5) is 46.1. The highest BCUT2D eigenvalue weighted by molar-refractivity contribution is 5.99. The number of amides is 3. The molecule has 8 heteroatoms. The van der Waals surface area contributed by atoms with E-state index in [9.17, 15) is 19.2 Å². The molecule has 8 nitrogen and oxygen atoms in total. The molecule has 0 aliphatic carbocycles. The third kappa shape index (κ3) is 5.67. The van der Waals surface area contributed by atoms with E-state index < -0.39 is 23.8 Å². The number of hydrogen-bond donors (Lipinski definition) is 4. The first-order valence-corrected chi connectivity index (χ1v) is 8.06. The molecule has 0 unspecified atom stereocenters. The highest BCUT2D eigenvalue weighted by atomic mass is 16.4. The van der Waals surface area contributed by atoms with Crippen molar-refractivity contribution in [3.63, 3.8) is 0 Å². The average molecular weight is 369 g/mol. The third-order valence-electron chi connectivity index (χ3n) is 3.73. The van der Waals surface area contributed by atoms with Crippen molar-refractivity contribution in [2.45, 2.75) is 19.4 Å². The molecule has 1 atom stereocenters. The number of carboxylic acids is 1. The van der Waals surface area contributed by atoms with Gasteiger partial charge in [0.05, 0.1) is 5.56 Å². The fraction of sp³-hybridized carbons (Fsp3) is 0.158. The molecule has 0 aromatic heterocycles. The minimum Gasteiger partial charge on any atom is -0.478 e. The molecular weight excluding hydrogens is 350 g/mol. The number of primary amides is 1. The zero-order valence-corrected chi connectivity index (χ0v) is 14.6. The van der Waals surface area contributed by atoms with Crippen LogP contribution in [0, 0.1) is 0 Å². The van der Waals surface area contributed by atoms with Gasteiger partial charge in [0.2, 0.25) is 11.8 Å². The lowest BCUT2D eigenvalue weighted by Crippen LogP contribution is -2.45. The third-order valence-corrected chi connectivity index (χ3v) is 3.73. The number of rotatable bonds is 7. The molecule has 2 aromatic carbocycles. The molecule has 0 bridgehead atoms. The maximum absolute atomic E-state index is 12.4. The number of nitrogens with two attached hydrogens (primary N) is 1. The van der Waals surface area contributed by atoms with Crippen LogP contribution in [0.2, 0.25) is 0 Å². The molecule has 140 valence electrons. The number of nitrogens with one attached hydrogen (secondary N) is 2. The molecule has 3 amide bonds. The van der Waals surface area contributed by atoms with Crippen LogP contribution in [-0.4, -0.2) is 34.8 Å². The van der Waals surface area contributed by atoms with Crippen LogP contribution in [0.25, 0.3) is 0 Å². The zero-order valence-electron chi connectivity index (χ0n) is 14.6. The van der Waals surface area contributed by atoms with E-state index in [1.54, 1.807) is 30.3 Å². The van der Waals surface area contributed by atoms with Crippen molar-refractivity contribution in [2.24, 2.45) is 5.73 Å². The number of anilines is 1. The maximum Gasteiger partial charge on any atom is 0.335 e. The minimum absolute atomic E-state index is 0.117. The van der Waals surface area contributed by atoms with Crippen LogP contribution < -0.4 is 16.4 Å². The van der Waals surface area contributed by atoms with Crippen molar-refractivity contribution in [3.05, 3.63) is 65.2 Å². The van der Waals surface area contributed by atoms with Crippen LogP contribution in [0.5, 0.6) is 0 Å². The smallest absolute Gasteiger partial charge is 0.335 e. The zero-order chi connectivity index (χ0) is 20.0. The van der Waals surface area contributed by atoms with E-state index in [0.717, 1.165) is 0 Å². The standard InChI is InChI=1S/C19H19N3O5/c1-11(23)21-15-4-2-3-14(10-15)18(25)22-16(17(20)24)9-12-5-7-13(8-6-12)19(26)27/h2-8,10,16H,9H2,1H3,(H2,20,24)(H,21,23)(H,22,25)(H,26,27)/t16-/m1/s1. The lowest BCUT2D eigenvalue weighted by atomic mass is 10.0. The summed E-state index contributed by atoms with van der Waals surface area (Å²) in [5.41, 5.74) is 6.86. The first-order valence-electron chi connectivity index (χ1n) is 8.06. The molecule has 0 saturated heterocycles. The van der Waals surface area contributed by atoms with Gasteiger partial charge in [-0.3, -0.25) is 14.4 Å². The molecular formula is C19H19N3O5. The Morgan fingerprint density at radius 2 is 1.70 bits per heavy atom. The highest BCUT2D eigenvalue weighted by Gasteiger charge is 2.20. The molecule has 0 fully saturated rings. The monoisotopic (exact) mass is 369 g/mol. The van der Waals surface area contributed by atoms with Gasteiger partial charge in [0.15, 0.2) is 0 Å². The van der Waals surface area contributed by atoms with E-state index >= 15 is 0 Å². The van der Waals surface area contributed by atoms with Crippen molar-refractivity contribution in [1.29, 1.82) is 0 Å². The van der Waals surface area contributed by atoms with E-state index in [-0.39, 0.29) is 23.5 Å². The molecule has 0 radical (unpaired) electrons. The Kier molecular flexibility index (Phi) is 6.27. The molecule has 0 saturated carbocycles. The van der Waals surface area contributed by atoms with Gasteiger partial charge in [0.1, 0.15) is 6.04 Å². The van der Waals surface area contributed by atoms with Crippen molar-refractivity contribution < 1.29 is 24.3 Å². The second-order valence-corrected chi connectivity index (χ2v) is 5.90. The van der Waals surface area contributed by atoms with Gasteiger partial charge in [-0.15, -0.1) is 0 Å². The van der Waals surface area contributed by atoms with E-state index in [1.165, 1.54) is 25.1 Å². The number of benzene rings is 2. The van der Waals surface area contributed by atoms with Gasteiger partial charge in [0, 0.05) is 24.6 Å². The molecule has 0 aliphatic rings. The van der Waals surface area contributed by atoms with Gasteiger partial charge in [-0.05, 0) is 35.9 Å². The number of carboxylic acid groups (broad SMARTS) is 1. The summed E-state index contributed by atoms with van der Waals surface area (Å²) >= 11 is 0. The predicted molar refractivity (Wildman–Crippen MR) is 98.3 cm³/mol. The molecule has 2 aromatic rings. The quantitative estimate of drug-likeness (QED) is 0.580. The molecule has 5 N–H and O–H groups in total. The van der Waals surface area contributed by atoms with E-state index in [4.69, 9.17) is 10.8 Å².